The number of fused-ring (bicyclic) bond motifs is 2. The normalized spacial score (nSPS) is 25.2. The van der Waals surface area contributed by atoms with Crippen LogP contribution < -0.4 is 14.8 Å². The van der Waals surface area contributed by atoms with Crippen LogP contribution in [0, 0.1) is 5.92 Å². The first-order valence-corrected chi connectivity index (χ1v) is 7.64. The van der Waals surface area contributed by atoms with Crippen LogP contribution in [0.25, 0.3) is 0 Å². The van der Waals surface area contributed by atoms with Crippen molar-refractivity contribution in [1.29, 1.82) is 0 Å². The fourth-order valence-corrected chi connectivity index (χ4v) is 3.16. The van der Waals surface area contributed by atoms with E-state index < -0.39 is 5.60 Å². The Morgan fingerprint density at radius 3 is 2.75 bits per heavy atom. The Kier molecular flexibility index (Phi) is 3.19. The van der Waals surface area contributed by atoms with Gasteiger partial charge in [-0.3, -0.25) is 4.79 Å². The highest BCUT2D eigenvalue weighted by atomic mass is 16.5. The van der Waals surface area contributed by atoms with E-state index in [1.54, 1.807) is 37.4 Å². The first kappa shape index (κ1) is 14.6. The van der Waals surface area contributed by atoms with Gasteiger partial charge in [-0.1, -0.05) is 17.3 Å². The number of amides is 1. The van der Waals surface area contributed by atoms with Crippen LogP contribution in [0.4, 0.5) is 5.69 Å². The van der Waals surface area contributed by atoms with Crippen molar-refractivity contribution in [2.24, 2.45) is 11.1 Å². The summed E-state index contributed by atoms with van der Waals surface area (Å²) < 4.78 is 11.1. The SMILES string of the molecule is COc1ccc(NC(=O)C23CC2/C(=N\O)c2ccccc2O3)cc1. The Labute approximate surface area is 138 Å². The molecule has 2 aromatic rings. The number of carbonyl (C=O) groups is 1. The van der Waals surface area contributed by atoms with E-state index in [1.165, 1.54) is 0 Å². The molecule has 1 saturated carbocycles. The topological polar surface area (TPSA) is 80.2 Å². The van der Waals surface area contributed by atoms with Crippen molar-refractivity contribution in [2.75, 3.05) is 12.4 Å². The zero-order chi connectivity index (χ0) is 16.7. The molecule has 2 aliphatic rings. The molecule has 2 N–H and O–H groups in total. The molecule has 1 fully saturated rings. The lowest BCUT2D eigenvalue weighted by atomic mass is 9.99. The van der Waals surface area contributed by atoms with E-state index in [2.05, 4.69) is 10.5 Å². The van der Waals surface area contributed by atoms with Crippen LogP contribution >= 0.6 is 0 Å². The van der Waals surface area contributed by atoms with E-state index in [-0.39, 0.29) is 11.8 Å². The number of carbonyl (C=O) groups excluding carboxylic acids is 1. The molecule has 2 aromatic carbocycles. The van der Waals surface area contributed by atoms with Crippen molar-refractivity contribution in [3.63, 3.8) is 0 Å². The molecule has 0 bridgehead atoms. The molecule has 2 unspecified atom stereocenters. The number of anilines is 1. The molecule has 1 amide bonds. The molecule has 122 valence electrons. The number of nitrogens with one attached hydrogen (secondary N) is 1. The molecule has 1 heterocycles. The van der Waals surface area contributed by atoms with E-state index in [1.807, 2.05) is 18.2 Å². The van der Waals surface area contributed by atoms with Crippen molar-refractivity contribution >= 4 is 17.3 Å². The molecule has 6 nitrogen and oxygen atoms in total. The molecule has 1 aliphatic carbocycles. The van der Waals surface area contributed by atoms with Gasteiger partial charge in [0.1, 0.15) is 11.5 Å². The summed E-state index contributed by atoms with van der Waals surface area (Å²) >= 11 is 0. The third kappa shape index (κ3) is 2.11. The van der Waals surface area contributed by atoms with E-state index in [4.69, 9.17) is 9.47 Å². The highest BCUT2D eigenvalue weighted by Crippen LogP contribution is 2.54. The summed E-state index contributed by atoms with van der Waals surface area (Å²) in [6.07, 6.45) is 0.489. The van der Waals surface area contributed by atoms with Crippen molar-refractivity contribution < 1.29 is 19.5 Å². The molecule has 6 heteroatoms. The Morgan fingerprint density at radius 1 is 1.29 bits per heavy atom. The van der Waals surface area contributed by atoms with Crippen molar-refractivity contribution in [2.45, 2.75) is 12.0 Å². The van der Waals surface area contributed by atoms with Crippen LogP contribution in [0.15, 0.2) is 53.7 Å². The lowest BCUT2D eigenvalue weighted by Crippen LogP contribution is -2.41. The predicted octanol–water partition coefficient (Wildman–Crippen LogP) is 2.66. The van der Waals surface area contributed by atoms with Crippen LogP contribution in [-0.4, -0.2) is 29.5 Å². The van der Waals surface area contributed by atoms with Crippen LogP contribution in [0.1, 0.15) is 12.0 Å². The molecular weight excluding hydrogens is 308 g/mol. The molecule has 24 heavy (non-hydrogen) atoms. The number of benzene rings is 2. The first-order valence-electron chi connectivity index (χ1n) is 7.64. The highest BCUT2D eigenvalue weighted by Gasteiger charge is 2.68. The van der Waals surface area contributed by atoms with Crippen molar-refractivity contribution in [1.82, 2.24) is 0 Å². The van der Waals surface area contributed by atoms with Gasteiger partial charge in [-0.2, -0.15) is 0 Å². The maximum atomic E-state index is 12.8. The predicted molar refractivity (Wildman–Crippen MR) is 87.9 cm³/mol. The summed E-state index contributed by atoms with van der Waals surface area (Å²) in [5, 5.41) is 15.6. The monoisotopic (exact) mass is 324 g/mol. The fraction of sp³-hybridized carbons (Fsp3) is 0.222. The molecule has 0 radical (unpaired) electrons. The van der Waals surface area contributed by atoms with Gasteiger partial charge in [0, 0.05) is 17.7 Å². The lowest BCUT2D eigenvalue weighted by Gasteiger charge is -2.25. The maximum Gasteiger partial charge on any atom is 0.269 e. The van der Waals surface area contributed by atoms with Crippen molar-refractivity contribution in [3.8, 4) is 11.5 Å². The third-order valence-electron chi connectivity index (χ3n) is 4.54. The number of nitrogens with zero attached hydrogens (tertiary/aromatic N) is 1. The van der Waals surface area contributed by atoms with Gasteiger partial charge in [0.15, 0.2) is 5.60 Å². The Balaban J connectivity index is 1.60. The van der Waals surface area contributed by atoms with Gasteiger partial charge in [0.05, 0.1) is 18.7 Å². The second-order valence-corrected chi connectivity index (χ2v) is 5.91. The summed E-state index contributed by atoms with van der Waals surface area (Å²) in [6.45, 7) is 0. The number of oxime groups is 1. The molecule has 4 rings (SSSR count). The molecule has 2 atom stereocenters. The van der Waals surface area contributed by atoms with E-state index >= 15 is 0 Å². The van der Waals surface area contributed by atoms with Gasteiger partial charge in [0.2, 0.25) is 0 Å². The summed E-state index contributed by atoms with van der Waals surface area (Å²) in [5.41, 5.74) is 0.887. The molecule has 0 aromatic heterocycles. The average molecular weight is 324 g/mol. The van der Waals surface area contributed by atoms with Crippen LogP contribution in [-0.2, 0) is 4.79 Å². The Morgan fingerprint density at radius 2 is 2.04 bits per heavy atom. The lowest BCUT2D eigenvalue weighted by molar-refractivity contribution is -0.125. The zero-order valence-corrected chi connectivity index (χ0v) is 13.0. The van der Waals surface area contributed by atoms with E-state index in [9.17, 15) is 10.0 Å². The van der Waals surface area contributed by atoms with Gasteiger partial charge in [0.25, 0.3) is 5.91 Å². The minimum Gasteiger partial charge on any atom is -0.497 e. The summed E-state index contributed by atoms with van der Waals surface area (Å²) in [7, 11) is 1.59. The number of methoxy groups -OCH3 is 1. The zero-order valence-electron chi connectivity index (χ0n) is 13.0. The fourth-order valence-electron chi connectivity index (χ4n) is 3.16. The number of hydrogen-bond donors (Lipinski definition) is 2. The molecular formula is C18H16N2O4. The molecule has 0 saturated heterocycles. The summed E-state index contributed by atoms with van der Waals surface area (Å²) in [5.74, 6) is 0.793. The van der Waals surface area contributed by atoms with Crippen molar-refractivity contribution in [3.05, 3.63) is 54.1 Å². The standard InChI is InChI=1S/C18H16N2O4/c1-23-12-8-6-11(7-9-12)19-17(21)18-10-14(18)16(20-22)13-4-2-3-5-15(13)24-18/h2-9,14,22H,10H2,1H3,(H,19,21)/b20-16-. The maximum absolute atomic E-state index is 12.8. The average Bonchev–Trinajstić information content (AvgIpc) is 3.35. The summed E-state index contributed by atoms with van der Waals surface area (Å²) in [6, 6.07) is 14.4. The minimum absolute atomic E-state index is 0.240. The van der Waals surface area contributed by atoms with Crippen LogP contribution in [0.2, 0.25) is 0 Å². The van der Waals surface area contributed by atoms with Gasteiger partial charge >= 0.3 is 0 Å². The largest absolute Gasteiger partial charge is 0.497 e. The first-order chi connectivity index (χ1) is 11.7. The summed E-state index contributed by atoms with van der Waals surface area (Å²) in [4.78, 5) is 12.8. The highest BCUT2D eigenvalue weighted by molar-refractivity contribution is 6.15. The molecule has 0 spiro atoms. The third-order valence-corrected chi connectivity index (χ3v) is 4.54. The van der Waals surface area contributed by atoms with Crippen LogP contribution in [0.3, 0.4) is 0 Å². The number of rotatable bonds is 3. The number of ether oxygens (including phenoxy) is 2. The van der Waals surface area contributed by atoms with Gasteiger partial charge < -0.3 is 20.0 Å². The van der Waals surface area contributed by atoms with E-state index in [0.717, 1.165) is 5.56 Å². The quantitative estimate of drug-likeness (QED) is 0.672. The van der Waals surface area contributed by atoms with E-state index in [0.29, 0.717) is 29.3 Å². The second kappa shape index (κ2) is 5.26. The minimum atomic E-state index is -1.00. The number of hydrogen-bond acceptors (Lipinski definition) is 5. The Bertz CT molecular complexity index is 831. The van der Waals surface area contributed by atoms with Gasteiger partial charge in [-0.15, -0.1) is 0 Å². The smallest absolute Gasteiger partial charge is 0.269 e. The molecule has 1 aliphatic heterocycles. The van der Waals surface area contributed by atoms with Gasteiger partial charge in [-0.05, 0) is 36.4 Å². The van der Waals surface area contributed by atoms with Crippen LogP contribution in [0.5, 0.6) is 11.5 Å². The Hall–Kier alpha value is -3.02. The number of para-hydroxylation sites is 1. The second-order valence-electron chi connectivity index (χ2n) is 5.91. The van der Waals surface area contributed by atoms with Gasteiger partial charge in [-0.25, -0.2) is 0 Å².